The SMILES string of the molecule is CC(CC1CCCN1C(=O)OC(C)(C)C)Nc1cccc(C(C)C)c1. The predicted octanol–water partition coefficient (Wildman–Crippen LogP) is 5.40. The van der Waals surface area contributed by atoms with Crippen LogP contribution in [-0.2, 0) is 4.74 Å². The summed E-state index contributed by atoms with van der Waals surface area (Å²) in [5.74, 6) is 0.523. The molecule has 4 nitrogen and oxygen atoms in total. The number of carbonyl (C=O) groups is 1. The van der Waals surface area contributed by atoms with Gasteiger partial charge < -0.3 is 15.0 Å². The molecule has 2 unspecified atom stereocenters. The smallest absolute Gasteiger partial charge is 0.410 e. The molecule has 0 saturated carbocycles. The molecule has 1 saturated heterocycles. The molecule has 25 heavy (non-hydrogen) atoms. The minimum Gasteiger partial charge on any atom is -0.444 e. The standard InChI is InChI=1S/C21H34N2O2/c1-15(2)17-9-7-10-18(14-17)22-16(3)13-19-11-8-12-23(19)20(24)25-21(4,5)6/h7,9-10,14-16,19,22H,8,11-13H2,1-6H3. The third-order valence-electron chi connectivity index (χ3n) is 4.60. The van der Waals surface area contributed by atoms with Crippen molar-refractivity contribution in [2.75, 3.05) is 11.9 Å². The van der Waals surface area contributed by atoms with Gasteiger partial charge in [-0.05, 0) is 70.6 Å². The molecule has 4 heteroatoms. The largest absolute Gasteiger partial charge is 0.444 e. The van der Waals surface area contributed by atoms with Gasteiger partial charge in [0.25, 0.3) is 0 Å². The van der Waals surface area contributed by atoms with Crippen molar-refractivity contribution in [1.29, 1.82) is 0 Å². The fourth-order valence-corrected chi connectivity index (χ4v) is 3.38. The molecule has 0 spiro atoms. The van der Waals surface area contributed by atoms with Crippen molar-refractivity contribution in [3.05, 3.63) is 29.8 Å². The van der Waals surface area contributed by atoms with E-state index in [2.05, 4.69) is 50.4 Å². The normalized spacial score (nSPS) is 19.2. The van der Waals surface area contributed by atoms with Gasteiger partial charge in [-0.15, -0.1) is 0 Å². The van der Waals surface area contributed by atoms with E-state index < -0.39 is 5.60 Å². The van der Waals surface area contributed by atoms with Crippen molar-refractivity contribution in [3.8, 4) is 0 Å². The lowest BCUT2D eigenvalue weighted by Gasteiger charge is -2.30. The molecule has 1 N–H and O–H groups in total. The van der Waals surface area contributed by atoms with Crippen molar-refractivity contribution >= 4 is 11.8 Å². The van der Waals surface area contributed by atoms with Crippen LogP contribution < -0.4 is 5.32 Å². The van der Waals surface area contributed by atoms with Crippen LogP contribution in [0.1, 0.15) is 72.3 Å². The van der Waals surface area contributed by atoms with Crippen LogP contribution in [0, 0.1) is 0 Å². The third-order valence-corrected chi connectivity index (χ3v) is 4.60. The Morgan fingerprint density at radius 2 is 2.04 bits per heavy atom. The van der Waals surface area contributed by atoms with Gasteiger partial charge in [0.05, 0.1) is 0 Å². The first-order valence-electron chi connectivity index (χ1n) is 9.52. The van der Waals surface area contributed by atoms with Gasteiger partial charge in [0.2, 0.25) is 0 Å². The number of ether oxygens (including phenoxy) is 1. The molecular weight excluding hydrogens is 312 g/mol. The van der Waals surface area contributed by atoms with Crippen molar-refractivity contribution in [1.82, 2.24) is 4.90 Å². The van der Waals surface area contributed by atoms with Gasteiger partial charge in [-0.1, -0.05) is 26.0 Å². The fourth-order valence-electron chi connectivity index (χ4n) is 3.38. The number of hydrogen-bond donors (Lipinski definition) is 1. The van der Waals surface area contributed by atoms with Gasteiger partial charge in [-0.3, -0.25) is 0 Å². The summed E-state index contributed by atoms with van der Waals surface area (Å²) in [6, 6.07) is 9.17. The van der Waals surface area contributed by atoms with Crippen molar-refractivity contribution in [2.24, 2.45) is 0 Å². The van der Waals surface area contributed by atoms with Crippen molar-refractivity contribution in [3.63, 3.8) is 0 Å². The average Bonchev–Trinajstić information content (AvgIpc) is 2.93. The van der Waals surface area contributed by atoms with Crippen molar-refractivity contribution in [2.45, 2.75) is 84.4 Å². The second-order valence-corrected chi connectivity index (χ2v) is 8.53. The van der Waals surface area contributed by atoms with Crippen LogP contribution in [0.3, 0.4) is 0 Å². The Hall–Kier alpha value is -1.71. The number of amides is 1. The maximum absolute atomic E-state index is 12.4. The highest BCUT2D eigenvalue weighted by Crippen LogP contribution is 2.25. The summed E-state index contributed by atoms with van der Waals surface area (Å²) in [5, 5.41) is 3.59. The van der Waals surface area contributed by atoms with E-state index in [0.717, 1.165) is 31.5 Å². The molecule has 1 heterocycles. The molecule has 0 bridgehead atoms. The molecular formula is C21H34N2O2. The number of anilines is 1. The number of rotatable bonds is 5. The van der Waals surface area contributed by atoms with E-state index in [1.54, 1.807) is 0 Å². The minimum atomic E-state index is -0.439. The second kappa shape index (κ2) is 8.11. The number of nitrogens with zero attached hydrogens (tertiary/aromatic N) is 1. The van der Waals surface area contributed by atoms with Crippen LogP contribution in [0.5, 0.6) is 0 Å². The lowest BCUT2D eigenvalue weighted by Crippen LogP contribution is -2.41. The fraction of sp³-hybridized carbons (Fsp3) is 0.667. The van der Waals surface area contributed by atoms with Gasteiger partial charge in [0.1, 0.15) is 5.60 Å². The Labute approximate surface area is 152 Å². The monoisotopic (exact) mass is 346 g/mol. The van der Waals surface area contributed by atoms with E-state index in [0.29, 0.717) is 12.0 Å². The molecule has 1 aliphatic rings. The first kappa shape index (κ1) is 19.6. The quantitative estimate of drug-likeness (QED) is 0.776. The zero-order chi connectivity index (χ0) is 18.6. The van der Waals surface area contributed by atoms with Crippen LogP contribution in [0.25, 0.3) is 0 Å². The molecule has 1 amide bonds. The topological polar surface area (TPSA) is 41.6 Å². The van der Waals surface area contributed by atoms with Crippen LogP contribution in [-0.4, -0.2) is 35.2 Å². The number of nitrogens with one attached hydrogen (secondary N) is 1. The van der Waals surface area contributed by atoms with E-state index >= 15 is 0 Å². The summed E-state index contributed by atoms with van der Waals surface area (Å²) >= 11 is 0. The number of benzene rings is 1. The van der Waals surface area contributed by atoms with Crippen LogP contribution in [0.4, 0.5) is 10.5 Å². The molecule has 0 aromatic heterocycles. The average molecular weight is 347 g/mol. The van der Waals surface area contributed by atoms with Crippen LogP contribution in [0.2, 0.25) is 0 Å². The molecule has 2 atom stereocenters. The first-order valence-corrected chi connectivity index (χ1v) is 9.52. The maximum atomic E-state index is 12.4. The summed E-state index contributed by atoms with van der Waals surface area (Å²) in [6.45, 7) is 13.2. The van der Waals surface area contributed by atoms with Gasteiger partial charge in [0, 0.05) is 24.3 Å². The molecule has 0 aliphatic carbocycles. The molecule has 1 fully saturated rings. The minimum absolute atomic E-state index is 0.177. The Kier molecular flexibility index (Phi) is 6.36. The Morgan fingerprint density at radius 3 is 2.68 bits per heavy atom. The number of hydrogen-bond acceptors (Lipinski definition) is 3. The zero-order valence-electron chi connectivity index (χ0n) is 16.6. The van der Waals surface area contributed by atoms with Crippen LogP contribution >= 0.6 is 0 Å². The lowest BCUT2D eigenvalue weighted by atomic mass is 10.0. The van der Waals surface area contributed by atoms with Gasteiger partial charge >= 0.3 is 6.09 Å². The third kappa shape index (κ3) is 5.94. The number of likely N-dealkylation sites (tertiary alicyclic amines) is 1. The molecule has 1 aliphatic heterocycles. The highest BCUT2D eigenvalue weighted by atomic mass is 16.6. The summed E-state index contributed by atoms with van der Waals surface area (Å²) in [7, 11) is 0. The first-order chi connectivity index (χ1) is 11.7. The van der Waals surface area contributed by atoms with E-state index in [9.17, 15) is 4.79 Å². The highest BCUT2D eigenvalue weighted by molar-refractivity contribution is 5.69. The Morgan fingerprint density at radius 1 is 1.32 bits per heavy atom. The van der Waals surface area contributed by atoms with Crippen LogP contribution in [0.15, 0.2) is 24.3 Å². The summed E-state index contributed by atoms with van der Waals surface area (Å²) in [5.41, 5.74) is 2.06. The van der Waals surface area contributed by atoms with Crippen molar-refractivity contribution < 1.29 is 9.53 Å². The van der Waals surface area contributed by atoms with Gasteiger partial charge in [-0.25, -0.2) is 4.79 Å². The summed E-state index contributed by atoms with van der Waals surface area (Å²) in [4.78, 5) is 14.3. The second-order valence-electron chi connectivity index (χ2n) is 8.53. The maximum Gasteiger partial charge on any atom is 0.410 e. The molecule has 1 aromatic carbocycles. The lowest BCUT2D eigenvalue weighted by molar-refractivity contribution is 0.0218. The van der Waals surface area contributed by atoms with E-state index in [1.165, 1.54) is 5.56 Å². The molecule has 1 aromatic rings. The molecule has 2 rings (SSSR count). The Balaban J connectivity index is 1.94. The van der Waals surface area contributed by atoms with E-state index in [1.807, 2.05) is 25.7 Å². The van der Waals surface area contributed by atoms with E-state index in [-0.39, 0.29) is 12.1 Å². The predicted molar refractivity (Wildman–Crippen MR) is 104 cm³/mol. The summed E-state index contributed by atoms with van der Waals surface area (Å²) < 4.78 is 5.56. The molecule has 140 valence electrons. The highest BCUT2D eigenvalue weighted by Gasteiger charge is 2.32. The zero-order valence-corrected chi connectivity index (χ0v) is 16.6. The van der Waals surface area contributed by atoms with Gasteiger partial charge in [0.15, 0.2) is 0 Å². The van der Waals surface area contributed by atoms with Gasteiger partial charge in [-0.2, -0.15) is 0 Å². The Bertz CT molecular complexity index is 578. The molecule has 0 radical (unpaired) electrons. The summed E-state index contributed by atoms with van der Waals surface area (Å²) in [6.07, 6.45) is 2.87. The number of carbonyl (C=O) groups excluding carboxylic acids is 1. The van der Waals surface area contributed by atoms with E-state index in [4.69, 9.17) is 4.74 Å².